The Morgan fingerprint density at radius 2 is 1.69 bits per heavy atom. The Balaban J connectivity index is 1.96. The van der Waals surface area contributed by atoms with E-state index in [0.29, 0.717) is 0 Å². The van der Waals surface area contributed by atoms with Gasteiger partial charge in [0.1, 0.15) is 0 Å². The van der Waals surface area contributed by atoms with Crippen molar-refractivity contribution in [3.8, 4) is 0 Å². The van der Waals surface area contributed by atoms with Crippen molar-refractivity contribution in [2.45, 2.75) is 70.8 Å². The predicted octanol–water partition coefficient (Wildman–Crippen LogP) is 3.80. The van der Waals surface area contributed by atoms with Crippen molar-refractivity contribution in [1.82, 2.24) is 5.73 Å². The highest BCUT2D eigenvalue weighted by Crippen LogP contribution is 2.28. The minimum atomic E-state index is 0.270. The molecule has 1 fully saturated rings. The quantitative estimate of drug-likeness (QED) is 0.578. The maximum Gasteiger partial charge on any atom is 0.0213 e. The molecule has 0 bridgehead atoms. The van der Waals surface area contributed by atoms with Crippen LogP contribution in [0.25, 0.3) is 0 Å². The zero-order chi connectivity index (χ0) is 9.52. The molecule has 1 rings (SSSR count). The van der Waals surface area contributed by atoms with Crippen molar-refractivity contribution in [1.29, 1.82) is 0 Å². The molecule has 0 aromatic carbocycles. The molecule has 0 heterocycles. The number of nitrogens with one attached hydrogen (secondary N) is 1. The van der Waals surface area contributed by atoms with E-state index in [4.69, 9.17) is 5.73 Å². The van der Waals surface area contributed by atoms with E-state index in [1.165, 1.54) is 57.8 Å². The van der Waals surface area contributed by atoms with Crippen molar-refractivity contribution in [3.63, 3.8) is 0 Å². The van der Waals surface area contributed by atoms with Gasteiger partial charge in [0.15, 0.2) is 0 Å². The first-order valence-corrected chi connectivity index (χ1v) is 6.04. The molecular formula is C12H24N. The van der Waals surface area contributed by atoms with Gasteiger partial charge in [0.2, 0.25) is 0 Å². The topological polar surface area (TPSA) is 23.8 Å². The van der Waals surface area contributed by atoms with Crippen LogP contribution in [0.15, 0.2) is 0 Å². The maximum absolute atomic E-state index is 7.60. The monoisotopic (exact) mass is 182 g/mol. The number of rotatable bonds is 5. The summed E-state index contributed by atoms with van der Waals surface area (Å²) in [7, 11) is 0. The molecule has 1 aliphatic carbocycles. The van der Waals surface area contributed by atoms with Gasteiger partial charge < -0.3 is 0 Å². The van der Waals surface area contributed by atoms with Crippen molar-refractivity contribution in [3.05, 3.63) is 0 Å². The molecule has 0 saturated heterocycles. The third kappa shape index (κ3) is 4.66. The van der Waals surface area contributed by atoms with Crippen LogP contribution in [0.4, 0.5) is 0 Å². The Morgan fingerprint density at radius 3 is 2.31 bits per heavy atom. The van der Waals surface area contributed by atoms with Gasteiger partial charge in [-0.25, -0.2) is 0 Å². The van der Waals surface area contributed by atoms with Crippen LogP contribution in [0.1, 0.15) is 64.7 Å². The van der Waals surface area contributed by atoms with Gasteiger partial charge in [-0.3, -0.25) is 5.73 Å². The van der Waals surface area contributed by atoms with Crippen LogP contribution < -0.4 is 5.73 Å². The summed E-state index contributed by atoms with van der Waals surface area (Å²) in [6, 6.07) is 0.270. The fourth-order valence-electron chi connectivity index (χ4n) is 2.31. The molecule has 0 spiro atoms. The summed E-state index contributed by atoms with van der Waals surface area (Å²) in [5.41, 5.74) is 7.60. The van der Waals surface area contributed by atoms with E-state index in [9.17, 15) is 0 Å². The van der Waals surface area contributed by atoms with Gasteiger partial charge in [-0.1, -0.05) is 39.0 Å². The van der Waals surface area contributed by atoms with Crippen molar-refractivity contribution >= 4 is 0 Å². The van der Waals surface area contributed by atoms with Gasteiger partial charge in [0, 0.05) is 6.04 Å². The molecule has 0 atom stereocenters. The molecule has 1 heteroatoms. The predicted molar refractivity (Wildman–Crippen MR) is 57.6 cm³/mol. The Hall–Kier alpha value is -0.0400. The minimum Gasteiger partial charge on any atom is -0.255 e. The fourth-order valence-corrected chi connectivity index (χ4v) is 2.31. The Kier molecular flexibility index (Phi) is 5.45. The largest absolute Gasteiger partial charge is 0.255 e. The second-order valence-electron chi connectivity index (χ2n) is 4.57. The molecule has 1 radical (unpaired) electrons. The van der Waals surface area contributed by atoms with Gasteiger partial charge >= 0.3 is 0 Å². The first-order chi connectivity index (χ1) is 6.33. The molecule has 0 aromatic rings. The zero-order valence-corrected chi connectivity index (χ0v) is 9.02. The molecule has 1 nitrogen and oxygen atoms in total. The van der Waals surface area contributed by atoms with Gasteiger partial charge in [-0.05, 0) is 31.6 Å². The summed E-state index contributed by atoms with van der Waals surface area (Å²) in [5, 5.41) is 0. The van der Waals surface area contributed by atoms with Crippen molar-refractivity contribution in [2.75, 3.05) is 0 Å². The average molecular weight is 182 g/mol. The molecule has 13 heavy (non-hydrogen) atoms. The SMILES string of the molecule is CCCCCCC1CCC([NH])CC1. The Bertz CT molecular complexity index is 114. The summed E-state index contributed by atoms with van der Waals surface area (Å²) < 4.78 is 0. The molecule has 1 aliphatic rings. The van der Waals surface area contributed by atoms with E-state index >= 15 is 0 Å². The highest BCUT2D eigenvalue weighted by atomic mass is 14.6. The number of unbranched alkanes of at least 4 members (excludes halogenated alkanes) is 3. The summed E-state index contributed by atoms with van der Waals surface area (Å²) in [6.07, 6.45) is 12.1. The standard InChI is InChI=1S/C12H24N/c1-2-3-4-5-6-11-7-9-12(13)10-8-11/h11-13H,2-10H2,1H3. The van der Waals surface area contributed by atoms with E-state index in [2.05, 4.69) is 6.92 Å². The molecule has 1 saturated carbocycles. The normalized spacial score (nSPS) is 29.1. The maximum atomic E-state index is 7.60. The van der Waals surface area contributed by atoms with E-state index in [1.807, 2.05) is 0 Å². The van der Waals surface area contributed by atoms with Gasteiger partial charge in [-0.15, -0.1) is 0 Å². The number of hydrogen-bond donors (Lipinski definition) is 0. The van der Waals surface area contributed by atoms with E-state index in [0.717, 1.165) is 5.92 Å². The molecule has 1 N–H and O–H groups in total. The van der Waals surface area contributed by atoms with Crippen LogP contribution >= 0.6 is 0 Å². The lowest BCUT2D eigenvalue weighted by Crippen LogP contribution is -2.19. The summed E-state index contributed by atoms with van der Waals surface area (Å²) in [6.45, 7) is 2.27. The molecule has 0 aromatic heterocycles. The van der Waals surface area contributed by atoms with Crippen LogP contribution in [-0.4, -0.2) is 6.04 Å². The lowest BCUT2D eigenvalue weighted by molar-refractivity contribution is 0.299. The molecule has 0 unspecified atom stereocenters. The number of hydrogen-bond acceptors (Lipinski definition) is 0. The third-order valence-electron chi connectivity index (χ3n) is 3.31. The molecule has 77 valence electrons. The van der Waals surface area contributed by atoms with E-state index in [1.54, 1.807) is 0 Å². The summed E-state index contributed by atoms with van der Waals surface area (Å²) >= 11 is 0. The highest BCUT2D eigenvalue weighted by molar-refractivity contribution is 4.73. The van der Waals surface area contributed by atoms with Crippen LogP contribution in [0.5, 0.6) is 0 Å². The van der Waals surface area contributed by atoms with Gasteiger partial charge in [-0.2, -0.15) is 0 Å². The Labute approximate surface area is 83.1 Å². The fraction of sp³-hybridized carbons (Fsp3) is 1.00. The third-order valence-corrected chi connectivity index (χ3v) is 3.31. The van der Waals surface area contributed by atoms with Crippen LogP contribution in [0.2, 0.25) is 0 Å². The van der Waals surface area contributed by atoms with Crippen LogP contribution in [0, 0.1) is 5.92 Å². The molecule has 0 amide bonds. The molecular weight excluding hydrogens is 158 g/mol. The zero-order valence-electron chi connectivity index (χ0n) is 9.02. The minimum absolute atomic E-state index is 0.270. The lowest BCUT2D eigenvalue weighted by Gasteiger charge is -2.25. The average Bonchev–Trinajstić information content (AvgIpc) is 2.15. The van der Waals surface area contributed by atoms with E-state index in [-0.39, 0.29) is 6.04 Å². The molecule has 0 aliphatic heterocycles. The van der Waals surface area contributed by atoms with Gasteiger partial charge in [0.05, 0.1) is 0 Å². The Morgan fingerprint density at radius 1 is 1.00 bits per heavy atom. The lowest BCUT2D eigenvalue weighted by atomic mass is 9.83. The summed E-state index contributed by atoms with van der Waals surface area (Å²) in [5.74, 6) is 0.971. The second kappa shape index (κ2) is 6.42. The van der Waals surface area contributed by atoms with E-state index < -0.39 is 0 Å². The van der Waals surface area contributed by atoms with Crippen LogP contribution in [-0.2, 0) is 0 Å². The first-order valence-electron chi connectivity index (χ1n) is 6.04. The highest BCUT2D eigenvalue weighted by Gasteiger charge is 2.17. The van der Waals surface area contributed by atoms with Gasteiger partial charge in [0.25, 0.3) is 0 Å². The van der Waals surface area contributed by atoms with Crippen molar-refractivity contribution in [2.24, 2.45) is 5.92 Å². The second-order valence-corrected chi connectivity index (χ2v) is 4.57. The smallest absolute Gasteiger partial charge is 0.0213 e. The summed E-state index contributed by atoms with van der Waals surface area (Å²) in [4.78, 5) is 0. The van der Waals surface area contributed by atoms with Crippen LogP contribution in [0.3, 0.4) is 0 Å². The first kappa shape index (κ1) is 11.0. The van der Waals surface area contributed by atoms with Crippen molar-refractivity contribution < 1.29 is 0 Å².